The normalized spacial score (nSPS) is 12.3. The molecule has 0 aliphatic rings. The smallest absolute Gasteiger partial charge is 0.245 e. The average molecular weight is 260 g/mol. The van der Waals surface area contributed by atoms with Crippen LogP contribution >= 0.6 is 0 Å². The van der Waals surface area contributed by atoms with Crippen molar-refractivity contribution in [2.24, 2.45) is 5.92 Å². The lowest BCUT2D eigenvalue weighted by atomic mass is 10.0. The van der Waals surface area contributed by atoms with Crippen molar-refractivity contribution in [3.63, 3.8) is 0 Å². The Kier molecular flexibility index (Phi) is 8.32. The van der Waals surface area contributed by atoms with Gasteiger partial charge in [-0.2, -0.15) is 0 Å². The minimum atomic E-state index is -0.564. The molecule has 2 N–H and O–H groups in total. The van der Waals surface area contributed by atoms with Crippen molar-refractivity contribution in [3.05, 3.63) is 0 Å². The zero-order chi connectivity index (χ0) is 14.1. The standard InChI is InChI=1S/C12H24N2O4/c1-9(2)11(13-10(3)16)12(17)14(5-7-15)6-8-18-4/h9,11,15H,5-8H2,1-4H3,(H,13,16). The zero-order valence-corrected chi connectivity index (χ0v) is 11.6. The Morgan fingerprint density at radius 2 is 1.94 bits per heavy atom. The Labute approximate surface area is 108 Å². The second kappa shape index (κ2) is 8.88. The van der Waals surface area contributed by atoms with Gasteiger partial charge in [0.25, 0.3) is 0 Å². The molecule has 2 amide bonds. The third kappa shape index (κ3) is 5.97. The molecule has 106 valence electrons. The van der Waals surface area contributed by atoms with E-state index in [-0.39, 0.29) is 30.9 Å². The lowest BCUT2D eigenvalue weighted by molar-refractivity contribution is -0.138. The number of carbonyl (C=O) groups excluding carboxylic acids is 2. The number of nitrogens with one attached hydrogen (secondary N) is 1. The minimum absolute atomic E-state index is 0.00913. The maximum absolute atomic E-state index is 12.3. The molecule has 0 aliphatic heterocycles. The zero-order valence-electron chi connectivity index (χ0n) is 11.6. The number of ether oxygens (including phenoxy) is 1. The lowest BCUT2D eigenvalue weighted by Crippen LogP contribution is -2.52. The molecule has 0 aliphatic carbocycles. The number of amides is 2. The summed E-state index contributed by atoms with van der Waals surface area (Å²) in [6, 6.07) is -0.564. The van der Waals surface area contributed by atoms with E-state index in [0.29, 0.717) is 13.2 Å². The molecule has 0 spiro atoms. The van der Waals surface area contributed by atoms with Crippen molar-refractivity contribution in [1.29, 1.82) is 0 Å². The first-order valence-corrected chi connectivity index (χ1v) is 6.09. The van der Waals surface area contributed by atoms with Crippen LogP contribution in [0.5, 0.6) is 0 Å². The van der Waals surface area contributed by atoms with Crippen LogP contribution in [-0.4, -0.2) is 61.3 Å². The summed E-state index contributed by atoms with van der Waals surface area (Å²) in [4.78, 5) is 24.9. The Morgan fingerprint density at radius 1 is 1.33 bits per heavy atom. The summed E-state index contributed by atoms with van der Waals surface area (Å²) in [5.74, 6) is -0.436. The topological polar surface area (TPSA) is 78.9 Å². The molecule has 18 heavy (non-hydrogen) atoms. The van der Waals surface area contributed by atoms with Gasteiger partial charge in [0, 0.05) is 27.1 Å². The number of nitrogens with zero attached hydrogens (tertiary/aromatic N) is 1. The predicted octanol–water partition coefficient (Wildman–Crippen LogP) is -0.386. The number of methoxy groups -OCH3 is 1. The highest BCUT2D eigenvalue weighted by atomic mass is 16.5. The van der Waals surface area contributed by atoms with E-state index in [1.165, 1.54) is 11.8 Å². The van der Waals surface area contributed by atoms with Crippen molar-refractivity contribution in [2.45, 2.75) is 26.8 Å². The molecule has 0 aromatic rings. The second-order valence-electron chi connectivity index (χ2n) is 4.46. The monoisotopic (exact) mass is 260 g/mol. The molecule has 0 radical (unpaired) electrons. The van der Waals surface area contributed by atoms with Crippen LogP contribution in [0, 0.1) is 5.92 Å². The third-order valence-corrected chi connectivity index (χ3v) is 2.54. The first-order chi connectivity index (χ1) is 8.43. The van der Waals surface area contributed by atoms with E-state index in [2.05, 4.69) is 5.32 Å². The number of hydrogen-bond acceptors (Lipinski definition) is 4. The van der Waals surface area contributed by atoms with Crippen molar-refractivity contribution < 1.29 is 19.4 Å². The van der Waals surface area contributed by atoms with Gasteiger partial charge < -0.3 is 20.1 Å². The molecule has 1 atom stereocenters. The summed E-state index contributed by atoms with van der Waals surface area (Å²) in [6.07, 6.45) is 0. The minimum Gasteiger partial charge on any atom is -0.395 e. The number of aliphatic hydroxyl groups excluding tert-OH is 1. The second-order valence-corrected chi connectivity index (χ2v) is 4.46. The van der Waals surface area contributed by atoms with Crippen molar-refractivity contribution in [2.75, 3.05) is 33.4 Å². The molecule has 0 heterocycles. The van der Waals surface area contributed by atoms with E-state index in [4.69, 9.17) is 9.84 Å². The van der Waals surface area contributed by atoms with Crippen molar-refractivity contribution >= 4 is 11.8 Å². The van der Waals surface area contributed by atoms with E-state index in [1.807, 2.05) is 13.8 Å². The van der Waals surface area contributed by atoms with Crippen LogP contribution in [0.1, 0.15) is 20.8 Å². The summed E-state index contributed by atoms with van der Waals surface area (Å²) in [5, 5.41) is 11.6. The third-order valence-electron chi connectivity index (χ3n) is 2.54. The summed E-state index contributed by atoms with van der Waals surface area (Å²) < 4.78 is 4.93. The fraction of sp³-hybridized carbons (Fsp3) is 0.833. The van der Waals surface area contributed by atoms with Gasteiger partial charge in [-0.15, -0.1) is 0 Å². The van der Waals surface area contributed by atoms with Crippen LogP contribution in [-0.2, 0) is 14.3 Å². The first-order valence-electron chi connectivity index (χ1n) is 6.09. The van der Waals surface area contributed by atoms with E-state index < -0.39 is 6.04 Å². The number of rotatable bonds is 8. The summed E-state index contributed by atoms with van der Waals surface area (Å²) in [6.45, 7) is 6.05. The molecule has 0 rings (SSSR count). The van der Waals surface area contributed by atoms with Gasteiger partial charge in [-0.05, 0) is 5.92 Å². The fourth-order valence-corrected chi connectivity index (χ4v) is 1.58. The maximum Gasteiger partial charge on any atom is 0.245 e. The molecule has 6 nitrogen and oxygen atoms in total. The predicted molar refractivity (Wildman–Crippen MR) is 68.0 cm³/mol. The summed E-state index contributed by atoms with van der Waals surface area (Å²) in [5.41, 5.74) is 0. The van der Waals surface area contributed by atoms with Crippen LogP contribution in [0.4, 0.5) is 0 Å². The van der Waals surface area contributed by atoms with Gasteiger partial charge >= 0.3 is 0 Å². The van der Waals surface area contributed by atoms with Crippen LogP contribution < -0.4 is 5.32 Å². The Morgan fingerprint density at radius 3 is 2.33 bits per heavy atom. The molecular weight excluding hydrogens is 236 g/mol. The average Bonchev–Trinajstić information content (AvgIpc) is 2.30. The van der Waals surface area contributed by atoms with Gasteiger partial charge in [-0.3, -0.25) is 9.59 Å². The number of aliphatic hydroxyl groups is 1. The van der Waals surface area contributed by atoms with Crippen LogP contribution in [0.3, 0.4) is 0 Å². The van der Waals surface area contributed by atoms with Crippen LogP contribution in [0.15, 0.2) is 0 Å². The molecule has 1 unspecified atom stereocenters. The van der Waals surface area contributed by atoms with Crippen LogP contribution in [0.2, 0.25) is 0 Å². The molecular formula is C12H24N2O4. The molecule has 0 bridgehead atoms. The number of carbonyl (C=O) groups is 2. The summed E-state index contributed by atoms with van der Waals surface area (Å²) in [7, 11) is 1.55. The Hall–Kier alpha value is -1.14. The number of hydrogen-bond donors (Lipinski definition) is 2. The van der Waals surface area contributed by atoms with Gasteiger partial charge in [0.2, 0.25) is 11.8 Å². The van der Waals surface area contributed by atoms with Gasteiger partial charge in [0.1, 0.15) is 6.04 Å². The molecule has 0 aromatic heterocycles. The summed E-state index contributed by atoms with van der Waals surface area (Å²) >= 11 is 0. The van der Waals surface area contributed by atoms with Crippen molar-refractivity contribution in [3.8, 4) is 0 Å². The lowest BCUT2D eigenvalue weighted by Gasteiger charge is -2.29. The highest BCUT2D eigenvalue weighted by Crippen LogP contribution is 2.06. The molecule has 6 heteroatoms. The molecule has 0 saturated heterocycles. The Bertz CT molecular complexity index is 269. The highest BCUT2D eigenvalue weighted by Gasteiger charge is 2.27. The largest absolute Gasteiger partial charge is 0.395 e. The van der Waals surface area contributed by atoms with Crippen molar-refractivity contribution in [1.82, 2.24) is 10.2 Å². The SMILES string of the molecule is COCCN(CCO)C(=O)C(NC(C)=O)C(C)C. The van der Waals surface area contributed by atoms with Gasteiger partial charge in [-0.1, -0.05) is 13.8 Å². The Balaban J connectivity index is 4.70. The molecule has 0 saturated carbocycles. The van der Waals surface area contributed by atoms with Gasteiger partial charge in [-0.25, -0.2) is 0 Å². The van der Waals surface area contributed by atoms with E-state index in [1.54, 1.807) is 7.11 Å². The molecule has 0 aromatic carbocycles. The maximum atomic E-state index is 12.3. The fourth-order valence-electron chi connectivity index (χ4n) is 1.58. The van der Waals surface area contributed by atoms with E-state index in [9.17, 15) is 9.59 Å². The highest BCUT2D eigenvalue weighted by molar-refractivity contribution is 5.87. The van der Waals surface area contributed by atoms with E-state index >= 15 is 0 Å². The van der Waals surface area contributed by atoms with Gasteiger partial charge in [0.15, 0.2) is 0 Å². The quantitative estimate of drug-likeness (QED) is 0.623. The van der Waals surface area contributed by atoms with Crippen LogP contribution in [0.25, 0.3) is 0 Å². The van der Waals surface area contributed by atoms with E-state index in [0.717, 1.165) is 0 Å². The molecule has 0 fully saturated rings. The van der Waals surface area contributed by atoms with Gasteiger partial charge in [0.05, 0.1) is 13.2 Å². The first kappa shape index (κ1) is 16.9.